The fourth-order valence-electron chi connectivity index (χ4n) is 2.81. The lowest BCUT2D eigenvalue weighted by Gasteiger charge is -2.21. The summed E-state index contributed by atoms with van der Waals surface area (Å²) in [5, 5.41) is 21.2. The number of phosphoric acid groups is 3. The lowest BCUT2D eigenvalue weighted by Crippen LogP contribution is -2.35. The van der Waals surface area contributed by atoms with Crippen LogP contribution in [0.1, 0.15) is 6.23 Å². The van der Waals surface area contributed by atoms with Crippen LogP contribution in [0.2, 0.25) is 0 Å². The van der Waals surface area contributed by atoms with Crippen molar-refractivity contribution >= 4 is 34.2 Å². The normalized spacial score (nSPS) is 29.3. The van der Waals surface area contributed by atoms with E-state index in [-0.39, 0.29) is 5.39 Å². The molecule has 7 atom stereocenters. The monoisotopic (exact) mass is 517 g/mol. The number of benzene rings is 1. The smallest absolute Gasteiger partial charge is 0.385 e. The van der Waals surface area contributed by atoms with E-state index in [2.05, 4.69) is 17.7 Å². The second kappa shape index (κ2) is 9.16. The number of phosphoric ester groups is 2. The van der Waals surface area contributed by atoms with Crippen LogP contribution in [0.15, 0.2) is 41.3 Å². The van der Waals surface area contributed by atoms with Crippen LogP contribution in [0.25, 0.3) is 10.8 Å². The third-order valence-electron chi connectivity index (χ3n) is 4.19. The van der Waals surface area contributed by atoms with Crippen molar-refractivity contribution in [3.05, 3.63) is 46.9 Å². The second-order valence-electron chi connectivity index (χ2n) is 6.35. The number of rotatable bonds is 8. The molecule has 1 aromatic heterocycles. The Morgan fingerprint density at radius 1 is 0.938 bits per heavy atom. The van der Waals surface area contributed by atoms with E-state index in [0.29, 0.717) is 12.5 Å². The van der Waals surface area contributed by atoms with Gasteiger partial charge in [-0.15, -0.1) is 0 Å². The molecule has 3 rings (SSSR count). The topological polar surface area (TPSA) is 221 Å². The fraction of sp³-hybridized carbons (Fsp3) is 0.357. The van der Waals surface area contributed by atoms with Crippen LogP contribution in [-0.2, 0) is 36.1 Å². The van der Waals surface area contributed by atoms with Crippen molar-refractivity contribution in [1.29, 1.82) is 0 Å². The van der Waals surface area contributed by atoms with Crippen molar-refractivity contribution in [3.8, 4) is 0 Å². The van der Waals surface area contributed by atoms with E-state index in [4.69, 9.17) is 9.63 Å². The molecule has 0 amide bonds. The van der Waals surface area contributed by atoms with E-state index in [9.17, 15) is 38.5 Å². The summed E-state index contributed by atoms with van der Waals surface area (Å²) in [7, 11) is -15.7. The Morgan fingerprint density at radius 2 is 1.56 bits per heavy atom. The Morgan fingerprint density at radius 3 is 2.22 bits per heavy atom. The third-order valence-corrected chi connectivity index (χ3v) is 8.43. The summed E-state index contributed by atoms with van der Waals surface area (Å²) in [6, 6.07) is 8.00. The number of hydrogen-bond acceptors (Lipinski definition) is 11. The number of aromatic nitrogens is 1. The lowest BCUT2D eigenvalue weighted by molar-refractivity contribution is -0.134. The van der Waals surface area contributed by atoms with Crippen LogP contribution in [0, 0.1) is 0 Å². The summed E-state index contributed by atoms with van der Waals surface area (Å²) in [6.45, 7) is 0. The lowest BCUT2D eigenvalue weighted by atomic mass is 10.1. The van der Waals surface area contributed by atoms with Crippen LogP contribution >= 0.6 is 23.5 Å². The van der Waals surface area contributed by atoms with Crippen molar-refractivity contribution in [3.63, 3.8) is 0 Å². The van der Waals surface area contributed by atoms with E-state index in [1.165, 1.54) is 18.3 Å². The number of aliphatic hydroxyl groups excluding tert-OH is 2. The third kappa shape index (κ3) is 5.61. The predicted molar refractivity (Wildman–Crippen MR) is 104 cm³/mol. The van der Waals surface area contributed by atoms with Crippen LogP contribution in [0.5, 0.6) is 0 Å². The molecular formula is C14H18NO14P3. The van der Waals surface area contributed by atoms with Gasteiger partial charge >= 0.3 is 23.5 Å². The van der Waals surface area contributed by atoms with Gasteiger partial charge in [0.1, 0.15) is 12.2 Å². The van der Waals surface area contributed by atoms with Gasteiger partial charge in [0.15, 0.2) is 12.5 Å². The zero-order valence-electron chi connectivity index (χ0n) is 16.0. The van der Waals surface area contributed by atoms with Gasteiger partial charge in [-0.25, -0.2) is 13.7 Å². The minimum absolute atomic E-state index is 0.255. The summed E-state index contributed by atoms with van der Waals surface area (Å²) in [6.07, 6.45) is -6.28. The van der Waals surface area contributed by atoms with Crippen molar-refractivity contribution in [2.24, 2.45) is 0 Å². The van der Waals surface area contributed by atoms with Gasteiger partial charge in [0.05, 0.1) is 0 Å². The second-order valence-corrected chi connectivity index (χ2v) is 11.0. The fourth-order valence-corrected chi connectivity index (χ4v) is 6.14. The van der Waals surface area contributed by atoms with Crippen LogP contribution in [0.4, 0.5) is 0 Å². The van der Waals surface area contributed by atoms with E-state index in [1.807, 2.05) is 0 Å². The van der Waals surface area contributed by atoms with Crippen LogP contribution in [0.3, 0.4) is 0 Å². The molecule has 15 nitrogen and oxygen atoms in total. The zero-order chi connectivity index (χ0) is 23.9. The van der Waals surface area contributed by atoms with Crippen molar-refractivity contribution in [1.82, 2.24) is 4.57 Å². The van der Waals surface area contributed by atoms with E-state index >= 15 is 0 Å². The largest absolute Gasteiger partial charge is 0.490 e. The molecule has 1 fully saturated rings. The summed E-state index contributed by atoms with van der Waals surface area (Å²) in [4.78, 5) is 40.8. The summed E-state index contributed by atoms with van der Waals surface area (Å²) >= 11 is 0. The van der Waals surface area contributed by atoms with Gasteiger partial charge in [-0.3, -0.25) is 18.4 Å². The molecule has 2 aromatic rings. The Kier molecular flexibility index (Phi) is 7.26. The molecule has 0 radical (unpaired) electrons. The SMILES string of the molecule is COP(=O)(O)OP(=O)(O)OP(=O)(O)O[C@H]1O[C@@H](n2ccc3ccccc3c2=O)[C@H](O)[C@@H]1O. The summed E-state index contributed by atoms with van der Waals surface area (Å²) in [5.41, 5.74) is -0.616. The highest BCUT2D eigenvalue weighted by molar-refractivity contribution is 7.66. The molecule has 0 saturated carbocycles. The molecule has 1 saturated heterocycles. The van der Waals surface area contributed by atoms with E-state index < -0.39 is 53.8 Å². The maximum atomic E-state index is 12.7. The molecule has 0 aliphatic carbocycles. The molecule has 1 aliphatic heterocycles. The number of hydrogen-bond donors (Lipinski definition) is 5. The Labute approximate surface area is 179 Å². The first-order chi connectivity index (χ1) is 14.8. The van der Waals surface area contributed by atoms with Crippen molar-refractivity contribution in [2.75, 3.05) is 7.11 Å². The average molecular weight is 517 g/mol. The number of nitrogens with zero attached hydrogens (tertiary/aromatic N) is 1. The first kappa shape index (κ1) is 25.3. The predicted octanol–water partition coefficient (Wildman–Crippen LogP) is 0.576. The molecule has 0 spiro atoms. The molecule has 18 heteroatoms. The molecule has 2 heterocycles. The van der Waals surface area contributed by atoms with Crippen molar-refractivity contribution < 1.29 is 61.0 Å². The molecule has 178 valence electrons. The van der Waals surface area contributed by atoms with Gasteiger partial charge < -0.3 is 29.6 Å². The van der Waals surface area contributed by atoms with E-state index in [1.54, 1.807) is 18.2 Å². The standard InChI is InChI=1S/C14H18NO14P3/c1-25-30(19,20)28-32(23,24)29-31(21,22)27-14-11(17)10(16)13(26-14)15-7-6-8-4-2-3-5-9(8)12(15)18/h2-7,10-11,13-14,16-17H,1H3,(H,19,20)(H,21,22)(H,23,24)/t10-,11+,13-,14-/m1/s1. The number of pyridine rings is 1. The highest BCUT2D eigenvalue weighted by Gasteiger charge is 2.50. The molecular weight excluding hydrogens is 499 g/mol. The summed E-state index contributed by atoms with van der Waals surface area (Å²) < 4.78 is 56.9. The number of aliphatic hydroxyl groups is 2. The minimum Gasteiger partial charge on any atom is -0.385 e. The van der Waals surface area contributed by atoms with Gasteiger partial charge in [0.25, 0.3) is 5.56 Å². The van der Waals surface area contributed by atoms with E-state index in [0.717, 1.165) is 4.57 Å². The summed E-state index contributed by atoms with van der Waals surface area (Å²) in [5.74, 6) is 0. The highest BCUT2D eigenvalue weighted by atomic mass is 31.3. The molecule has 1 aliphatic rings. The quantitative estimate of drug-likeness (QED) is 0.302. The molecule has 32 heavy (non-hydrogen) atoms. The van der Waals surface area contributed by atoms with Gasteiger partial charge in [-0.05, 0) is 17.5 Å². The van der Waals surface area contributed by atoms with Gasteiger partial charge in [-0.2, -0.15) is 8.62 Å². The number of fused-ring (bicyclic) bond motifs is 1. The molecule has 5 N–H and O–H groups in total. The Hall–Kier alpha value is -1.28. The zero-order valence-corrected chi connectivity index (χ0v) is 18.7. The van der Waals surface area contributed by atoms with Crippen molar-refractivity contribution in [2.45, 2.75) is 24.7 Å². The highest BCUT2D eigenvalue weighted by Crippen LogP contribution is 2.68. The average Bonchev–Trinajstić information content (AvgIpc) is 2.94. The minimum atomic E-state index is -5.68. The Balaban J connectivity index is 1.79. The number of ether oxygens (including phenoxy) is 1. The first-order valence-electron chi connectivity index (χ1n) is 8.52. The first-order valence-corrected chi connectivity index (χ1v) is 13.0. The maximum absolute atomic E-state index is 12.7. The molecule has 0 bridgehead atoms. The molecule has 1 aromatic carbocycles. The van der Waals surface area contributed by atoms with Gasteiger partial charge in [-0.1, -0.05) is 18.2 Å². The van der Waals surface area contributed by atoms with Gasteiger partial charge in [0, 0.05) is 18.7 Å². The van der Waals surface area contributed by atoms with Crippen LogP contribution < -0.4 is 5.56 Å². The molecule has 3 unspecified atom stereocenters. The van der Waals surface area contributed by atoms with Crippen LogP contribution in [-0.4, -0.2) is 55.1 Å². The maximum Gasteiger partial charge on any atom is 0.490 e. The Bertz CT molecular complexity index is 1200. The van der Waals surface area contributed by atoms with Gasteiger partial charge in [0.2, 0.25) is 0 Å².